The highest BCUT2D eigenvalue weighted by Gasteiger charge is 2.24. The smallest absolute Gasteiger partial charge is 0.339 e. The fourth-order valence-corrected chi connectivity index (χ4v) is 3.49. The van der Waals surface area contributed by atoms with Gasteiger partial charge in [0.1, 0.15) is 5.75 Å². The third kappa shape index (κ3) is 3.73. The number of hydrogen-bond acceptors (Lipinski definition) is 3. The van der Waals surface area contributed by atoms with E-state index in [0.29, 0.717) is 31.0 Å². The summed E-state index contributed by atoms with van der Waals surface area (Å²) in [5.74, 6) is -0.367. The Balaban J connectivity index is 3.35. The summed E-state index contributed by atoms with van der Waals surface area (Å²) in [7, 11) is 1.33. The summed E-state index contributed by atoms with van der Waals surface area (Å²) in [5, 5.41) is 10.2. The van der Waals surface area contributed by atoms with Gasteiger partial charge in [-0.2, -0.15) is 0 Å². The monoisotopic (exact) mass is 456 g/mol. The van der Waals surface area contributed by atoms with E-state index in [-0.39, 0.29) is 5.75 Å². The number of ether oxygens (including phenoxy) is 1. The van der Waals surface area contributed by atoms with Crippen molar-refractivity contribution < 1.29 is 14.6 Å². The van der Waals surface area contributed by atoms with Gasteiger partial charge in [0.25, 0.3) is 0 Å². The van der Waals surface area contributed by atoms with Gasteiger partial charge < -0.3 is 9.84 Å². The van der Waals surface area contributed by atoms with Crippen molar-refractivity contribution in [1.29, 1.82) is 0 Å². The maximum atomic E-state index is 11.9. The summed E-state index contributed by atoms with van der Waals surface area (Å²) in [6.07, 6.45) is 3.67. The Morgan fingerprint density at radius 2 is 1.79 bits per heavy atom. The van der Waals surface area contributed by atoms with Crippen LogP contribution in [-0.2, 0) is 11.2 Å². The highest BCUT2D eigenvalue weighted by Crippen LogP contribution is 2.43. The second-order valence-electron chi connectivity index (χ2n) is 4.09. The number of aromatic hydroxyl groups is 1. The maximum Gasteiger partial charge on any atom is 0.339 e. The molecule has 1 aromatic carbocycles. The Hall–Kier alpha value is -0.0700. The van der Waals surface area contributed by atoms with E-state index in [0.717, 1.165) is 19.3 Å². The molecule has 1 rings (SSSR count). The minimum atomic E-state index is -0.457. The molecule has 0 fully saturated rings. The average molecular weight is 459 g/mol. The molecule has 0 heterocycles. The van der Waals surface area contributed by atoms with E-state index in [1.807, 2.05) is 0 Å². The van der Waals surface area contributed by atoms with Gasteiger partial charge in [-0.1, -0.05) is 19.8 Å². The minimum Gasteiger partial charge on any atom is -0.506 e. The summed E-state index contributed by atoms with van der Waals surface area (Å²) >= 11 is 10.0. The van der Waals surface area contributed by atoms with Gasteiger partial charge in [0, 0.05) is 10.0 Å². The summed E-state index contributed by atoms with van der Waals surface area (Å²) in [4.78, 5) is 11.9. The molecule has 106 valence electrons. The predicted molar refractivity (Wildman–Crippen MR) is 85.8 cm³/mol. The Bertz CT molecular complexity index is 487. The standard InChI is InChI=1S/C13H15Br3O3/c1-3-4-5-6-7-8(13(18)19-2)9(14)10(15)11(16)12(7)17/h17H,3-6H2,1-2H3. The summed E-state index contributed by atoms with van der Waals surface area (Å²) < 4.78 is 6.53. The lowest BCUT2D eigenvalue weighted by Crippen LogP contribution is -2.08. The molecule has 19 heavy (non-hydrogen) atoms. The van der Waals surface area contributed by atoms with Crippen LogP contribution in [0.5, 0.6) is 5.75 Å². The molecular formula is C13H15Br3O3. The molecule has 0 amide bonds. The Morgan fingerprint density at radius 1 is 1.16 bits per heavy atom. The number of unbranched alkanes of at least 4 members (excludes halogenated alkanes) is 2. The Kier molecular flexibility index (Phi) is 6.83. The van der Waals surface area contributed by atoms with Crippen LogP contribution in [0.2, 0.25) is 0 Å². The molecular weight excluding hydrogens is 444 g/mol. The largest absolute Gasteiger partial charge is 0.506 e. The molecule has 0 aliphatic rings. The zero-order valence-electron chi connectivity index (χ0n) is 10.7. The lowest BCUT2D eigenvalue weighted by molar-refractivity contribution is 0.0597. The molecule has 3 nitrogen and oxygen atoms in total. The van der Waals surface area contributed by atoms with Crippen molar-refractivity contribution in [2.45, 2.75) is 32.6 Å². The number of rotatable bonds is 5. The second-order valence-corrected chi connectivity index (χ2v) is 6.47. The molecule has 0 spiro atoms. The van der Waals surface area contributed by atoms with E-state index in [2.05, 4.69) is 54.7 Å². The van der Waals surface area contributed by atoms with Gasteiger partial charge in [-0.15, -0.1) is 0 Å². The van der Waals surface area contributed by atoms with Gasteiger partial charge in [0.15, 0.2) is 0 Å². The molecule has 1 N–H and O–H groups in total. The molecule has 0 aromatic heterocycles. The van der Waals surface area contributed by atoms with Gasteiger partial charge in [-0.3, -0.25) is 0 Å². The number of esters is 1. The molecule has 0 radical (unpaired) electrons. The third-order valence-corrected chi connectivity index (χ3v) is 6.24. The SMILES string of the molecule is CCCCCc1c(O)c(Br)c(Br)c(Br)c1C(=O)OC. The van der Waals surface area contributed by atoms with Gasteiger partial charge in [0.2, 0.25) is 0 Å². The molecule has 0 aliphatic carbocycles. The van der Waals surface area contributed by atoms with Crippen LogP contribution in [0.3, 0.4) is 0 Å². The summed E-state index contributed by atoms with van der Waals surface area (Å²) in [5.41, 5.74) is 0.994. The second kappa shape index (κ2) is 7.64. The molecule has 0 saturated heterocycles. The number of phenolic OH excluding ortho intramolecular Hbond substituents is 1. The van der Waals surface area contributed by atoms with Crippen molar-refractivity contribution >= 4 is 53.8 Å². The first-order chi connectivity index (χ1) is 8.95. The third-order valence-electron chi connectivity index (χ3n) is 2.82. The van der Waals surface area contributed by atoms with Gasteiger partial charge >= 0.3 is 5.97 Å². The number of halogens is 3. The van der Waals surface area contributed by atoms with E-state index in [1.54, 1.807) is 0 Å². The first-order valence-electron chi connectivity index (χ1n) is 5.92. The van der Waals surface area contributed by atoms with Crippen LogP contribution >= 0.6 is 47.8 Å². The van der Waals surface area contributed by atoms with Crippen LogP contribution in [0.15, 0.2) is 13.4 Å². The van der Waals surface area contributed by atoms with Crippen LogP contribution in [-0.4, -0.2) is 18.2 Å². The molecule has 0 saturated carbocycles. The van der Waals surface area contributed by atoms with E-state index in [1.165, 1.54) is 7.11 Å². The van der Waals surface area contributed by atoms with E-state index >= 15 is 0 Å². The highest BCUT2D eigenvalue weighted by atomic mass is 79.9. The quantitative estimate of drug-likeness (QED) is 0.375. The van der Waals surface area contributed by atoms with E-state index in [4.69, 9.17) is 4.74 Å². The lowest BCUT2D eigenvalue weighted by Gasteiger charge is -2.15. The molecule has 0 unspecified atom stereocenters. The van der Waals surface area contributed by atoms with Crippen molar-refractivity contribution in [3.05, 3.63) is 24.5 Å². The van der Waals surface area contributed by atoms with Crippen LogP contribution in [0, 0.1) is 0 Å². The van der Waals surface area contributed by atoms with Crippen molar-refractivity contribution in [2.24, 2.45) is 0 Å². The number of carbonyl (C=O) groups excluding carboxylic acids is 1. The van der Waals surface area contributed by atoms with Crippen LogP contribution in [0.4, 0.5) is 0 Å². The van der Waals surface area contributed by atoms with Crippen molar-refractivity contribution in [3.63, 3.8) is 0 Å². The van der Waals surface area contributed by atoms with Crippen molar-refractivity contribution in [2.75, 3.05) is 7.11 Å². The van der Waals surface area contributed by atoms with Crippen molar-refractivity contribution in [3.8, 4) is 5.75 Å². The topological polar surface area (TPSA) is 46.5 Å². The first kappa shape index (κ1) is 17.0. The van der Waals surface area contributed by atoms with Gasteiger partial charge in [-0.25, -0.2) is 4.79 Å². The Morgan fingerprint density at radius 3 is 2.32 bits per heavy atom. The van der Waals surface area contributed by atoms with E-state index in [9.17, 15) is 9.90 Å². The fourth-order valence-electron chi connectivity index (χ4n) is 1.80. The van der Waals surface area contributed by atoms with Gasteiger partial charge in [-0.05, 0) is 60.6 Å². The number of carbonyl (C=O) groups is 1. The molecule has 1 aromatic rings. The molecule has 0 aliphatic heterocycles. The Labute approximate surface area is 138 Å². The van der Waals surface area contributed by atoms with Crippen LogP contribution in [0.25, 0.3) is 0 Å². The maximum absolute atomic E-state index is 11.9. The lowest BCUT2D eigenvalue weighted by atomic mass is 10.00. The zero-order chi connectivity index (χ0) is 14.6. The normalized spacial score (nSPS) is 10.6. The highest BCUT2D eigenvalue weighted by molar-refractivity contribution is 9.14. The minimum absolute atomic E-state index is 0.0894. The summed E-state index contributed by atoms with van der Waals surface area (Å²) in [6, 6.07) is 0. The number of hydrogen-bond donors (Lipinski definition) is 1. The number of phenols is 1. The number of methoxy groups -OCH3 is 1. The summed E-state index contributed by atoms with van der Waals surface area (Å²) in [6.45, 7) is 2.11. The molecule has 0 atom stereocenters. The van der Waals surface area contributed by atoms with Gasteiger partial charge in [0.05, 0.1) is 21.6 Å². The average Bonchev–Trinajstić information content (AvgIpc) is 2.41. The van der Waals surface area contributed by atoms with Crippen molar-refractivity contribution in [1.82, 2.24) is 0 Å². The fraction of sp³-hybridized carbons (Fsp3) is 0.462. The zero-order valence-corrected chi connectivity index (χ0v) is 15.5. The van der Waals surface area contributed by atoms with Crippen LogP contribution < -0.4 is 0 Å². The molecule has 0 bridgehead atoms. The first-order valence-corrected chi connectivity index (χ1v) is 8.30. The molecule has 6 heteroatoms. The number of benzene rings is 1. The van der Waals surface area contributed by atoms with E-state index < -0.39 is 5.97 Å². The predicted octanol–water partition coefficient (Wildman–Crippen LogP) is 5.20. The van der Waals surface area contributed by atoms with Crippen LogP contribution in [0.1, 0.15) is 42.1 Å².